The minimum absolute atomic E-state index is 0.0261. The fraction of sp³-hybridized carbons (Fsp3) is 0.414. The molecule has 0 radical (unpaired) electrons. The summed E-state index contributed by atoms with van der Waals surface area (Å²) in [6.07, 6.45) is 1.74. The number of nitrogens with one attached hydrogen (secondary N) is 1. The van der Waals surface area contributed by atoms with Gasteiger partial charge in [-0.15, -0.1) is 4.72 Å². The summed E-state index contributed by atoms with van der Waals surface area (Å²) in [4.78, 5) is 5.47. The summed E-state index contributed by atoms with van der Waals surface area (Å²) in [5.74, 6) is 0. The van der Waals surface area contributed by atoms with E-state index in [-0.39, 0.29) is 16.5 Å². The van der Waals surface area contributed by atoms with E-state index < -0.39 is 34.4 Å². The van der Waals surface area contributed by atoms with Crippen LogP contribution >= 0.6 is 23.4 Å². The number of primary sulfonamides is 1. The van der Waals surface area contributed by atoms with Crippen LogP contribution in [0.4, 0.5) is 0 Å². The lowest BCUT2D eigenvalue weighted by molar-refractivity contribution is 0.273. The summed E-state index contributed by atoms with van der Waals surface area (Å²) in [5.41, 5.74) is 3.38. The molecule has 41 heavy (non-hydrogen) atoms. The maximum absolute atomic E-state index is 13.0. The first-order valence-electron chi connectivity index (χ1n) is 13.2. The van der Waals surface area contributed by atoms with Crippen LogP contribution in [0.15, 0.2) is 69.5 Å². The Morgan fingerprint density at radius 2 is 1.71 bits per heavy atom. The third kappa shape index (κ3) is 8.81. The van der Waals surface area contributed by atoms with E-state index in [0.717, 1.165) is 32.2 Å². The smallest absolute Gasteiger partial charge is 0.238 e. The zero-order valence-electron chi connectivity index (χ0n) is 24.9. The lowest BCUT2D eigenvalue weighted by Gasteiger charge is -2.36. The molecular formula is C29H40ClN3O4S3Si. The molecule has 3 N–H and O–H groups in total. The first kappa shape index (κ1) is 34.1. The Bertz CT molecular complexity index is 1470. The SMILES string of the molecule is CC(C)(C)[S+]([O-])NCc1c(-c2ccc(S(N)(=O)=O)cc2)ccc(Cl)c1Sc1ncccc1CO[Si](C)(C)C(C)(C)C. The number of rotatable bonds is 10. The number of nitrogens with two attached hydrogens (primary N) is 1. The predicted octanol–water partition coefficient (Wildman–Crippen LogP) is 7.27. The van der Waals surface area contributed by atoms with E-state index in [9.17, 15) is 13.0 Å². The van der Waals surface area contributed by atoms with Gasteiger partial charge in [-0.05, 0) is 79.9 Å². The number of aromatic nitrogens is 1. The second-order valence-corrected chi connectivity index (χ2v) is 22.1. The summed E-state index contributed by atoms with van der Waals surface area (Å²) in [7, 11) is -5.83. The maximum Gasteiger partial charge on any atom is 0.238 e. The average molecular weight is 654 g/mol. The van der Waals surface area contributed by atoms with Gasteiger partial charge in [0.15, 0.2) is 8.32 Å². The standard InChI is InChI=1S/C29H40ClN3O4S3Si/c1-28(2,3)39(34)33-18-24-23(20-11-13-22(14-12-20)40(31,35)36)15-16-25(30)26(24)38-27-21(10-9-17-32-27)19-37-41(7,8)29(4,5)6/h9-17,33H,18-19H2,1-8H3,(H2,31,35,36). The topological polar surface area (TPSA) is 117 Å². The molecule has 0 amide bonds. The number of nitrogens with zero attached hydrogens (tertiary/aromatic N) is 1. The van der Waals surface area contributed by atoms with Crippen molar-refractivity contribution in [2.45, 2.75) is 92.4 Å². The highest BCUT2D eigenvalue weighted by Crippen LogP contribution is 2.42. The number of sulfonamides is 1. The molecule has 0 fully saturated rings. The molecule has 0 saturated carbocycles. The quantitative estimate of drug-likeness (QED) is 0.174. The van der Waals surface area contributed by atoms with Crippen molar-refractivity contribution in [2.75, 3.05) is 0 Å². The van der Waals surface area contributed by atoms with Crippen LogP contribution in [0.2, 0.25) is 23.2 Å². The first-order valence-corrected chi connectivity index (χ1v) is 20.0. The van der Waals surface area contributed by atoms with E-state index in [2.05, 4.69) is 43.6 Å². The molecule has 0 bridgehead atoms. The minimum Gasteiger partial charge on any atom is -0.598 e. The zero-order valence-corrected chi connectivity index (χ0v) is 29.1. The normalized spacial score (nSPS) is 13.8. The van der Waals surface area contributed by atoms with Gasteiger partial charge in [-0.25, -0.2) is 18.5 Å². The second-order valence-electron chi connectivity index (χ2n) is 12.3. The molecule has 12 heteroatoms. The number of hydrogen-bond acceptors (Lipinski definition) is 7. The summed E-state index contributed by atoms with van der Waals surface area (Å²) in [6.45, 7) is 17.5. The van der Waals surface area contributed by atoms with Gasteiger partial charge in [0.1, 0.15) is 9.77 Å². The van der Waals surface area contributed by atoms with E-state index in [1.807, 2.05) is 45.0 Å². The molecule has 0 aliphatic carbocycles. The van der Waals surface area contributed by atoms with Crippen LogP contribution in [0, 0.1) is 0 Å². The van der Waals surface area contributed by atoms with Gasteiger partial charge in [0, 0.05) is 28.0 Å². The van der Waals surface area contributed by atoms with Gasteiger partial charge in [0.25, 0.3) is 0 Å². The Kier molecular flexibility index (Phi) is 10.9. The van der Waals surface area contributed by atoms with Gasteiger partial charge >= 0.3 is 0 Å². The van der Waals surface area contributed by atoms with Crippen molar-refractivity contribution in [3.8, 4) is 11.1 Å². The minimum atomic E-state index is -3.83. The molecule has 1 heterocycles. The van der Waals surface area contributed by atoms with E-state index in [1.54, 1.807) is 18.3 Å². The largest absolute Gasteiger partial charge is 0.598 e. The highest BCUT2D eigenvalue weighted by Gasteiger charge is 2.37. The summed E-state index contributed by atoms with van der Waals surface area (Å²) >= 11 is 6.92. The van der Waals surface area contributed by atoms with Crippen LogP contribution < -0.4 is 9.86 Å². The van der Waals surface area contributed by atoms with E-state index in [0.29, 0.717) is 11.6 Å². The van der Waals surface area contributed by atoms with Gasteiger partial charge in [-0.3, -0.25) is 0 Å². The van der Waals surface area contributed by atoms with E-state index in [4.69, 9.17) is 21.2 Å². The Balaban J connectivity index is 2.08. The van der Waals surface area contributed by atoms with Crippen molar-refractivity contribution in [3.05, 3.63) is 70.9 Å². The Labute approximate surface area is 258 Å². The third-order valence-electron chi connectivity index (χ3n) is 7.09. The van der Waals surface area contributed by atoms with Crippen LogP contribution in [0.3, 0.4) is 0 Å². The van der Waals surface area contributed by atoms with Gasteiger partial charge < -0.3 is 8.98 Å². The molecule has 0 aliphatic heterocycles. The molecule has 0 aliphatic rings. The Morgan fingerprint density at radius 3 is 2.27 bits per heavy atom. The lowest BCUT2D eigenvalue weighted by Crippen LogP contribution is -2.40. The lowest BCUT2D eigenvalue weighted by atomic mass is 9.99. The molecule has 3 rings (SSSR count). The van der Waals surface area contributed by atoms with Crippen molar-refractivity contribution in [1.82, 2.24) is 9.71 Å². The molecule has 2 aromatic carbocycles. The summed E-state index contributed by atoms with van der Waals surface area (Å²) in [5, 5.41) is 6.68. The number of halogens is 1. The Hall–Kier alpha value is -1.41. The van der Waals surface area contributed by atoms with Crippen molar-refractivity contribution in [1.29, 1.82) is 0 Å². The number of benzene rings is 2. The molecule has 0 saturated heterocycles. The van der Waals surface area contributed by atoms with Crippen LogP contribution in [0.25, 0.3) is 11.1 Å². The van der Waals surface area contributed by atoms with Crippen LogP contribution in [0.1, 0.15) is 52.7 Å². The zero-order chi connectivity index (χ0) is 30.8. The summed E-state index contributed by atoms with van der Waals surface area (Å²) in [6, 6.07) is 14.0. The molecule has 1 aromatic heterocycles. The monoisotopic (exact) mass is 653 g/mol. The second kappa shape index (κ2) is 13.1. The molecular weight excluding hydrogens is 614 g/mol. The fourth-order valence-corrected chi connectivity index (χ4v) is 7.03. The number of hydrogen-bond donors (Lipinski definition) is 2. The summed E-state index contributed by atoms with van der Waals surface area (Å²) < 4.78 is 45.8. The molecule has 224 valence electrons. The van der Waals surface area contributed by atoms with Gasteiger partial charge in [0.05, 0.1) is 23.1 Å². The van der Waals surface area contributed by atoms with Crippen LogP contribution in [-0.4, -0.2) is 31.0 Å². The fourth-order valence-electron chi connectivity index (χ4n) is 3.53. The molecule has 1 unspecified atom stereocenters. The molecule has 7 nitrogen and oxygen atoms in total. The third-order valence-corrected chi connectivity index (χ3v) is 15.7. The Morgan fingerprint density at radius 1 is 1.07 bits per heavy atom. The van der Waals surface area contributed by atoms with E-state index >= 15 is 0 Å². The van der Waals surface area contributed by atoms with Crippen molar-refractivity contribution < 1.29 is 17.4 Å². The first-order chi connectivity index (χ1) is 18.8. The van der Waals surface area contributed by atoms with Gasteiger partial charge in [-0.1, -0.05) is 68.4 Å². The molecule has 3 aromatic rings. The van der Waals surface area contributed by atoms with Gasteiger partial charge in [0.2, 0.25) is 10.0 Å². The predicted molar refractivity (Wildman–Crippen MR) is 173 cm³/mol. The van der Waals surface area contributed by atoms with Crippen LogP contribution in [0.5, 0.6) is 0 Å². The average Bonchev–Trinajstić information content (AvgIpc) is 2.86. The highest BCUT2D eigenvalue weighted by molar-refractivity contribution is 7.99. The highest BCUT2D eigenvalue weighted by atomic mass is 35.5. The van der Waals surface area contributed by atoms with Gasteiger partial charge in [-0.2, -0.15) is 0 Å². The van der Waals surface area contributed by atoms with Crippen LogP contribution in [-0.2, 0) is 39.0 Å². The molecule has 1 atom stereocenters. The van der Waals surface area contributed by atoms with Crippen molar-refractivity contribution in [2.24, 2.45) is 5.14 Å². The number of pyridine rings is 1. The maximum atomic E-state index is 13.0. The van der Waals surface area contributed by atoms with Crippen molar-refractivity contribution in [3.63, 3.8) is 0 Å². The van der Waals surface area contributed by atoms with Crippen molar-refractivity contribution >= 4 is 53.1 Å². The molecule has 0 spiro atoms. The van der Waals surface area contributed by atoms with E-state index in [1.165, 1.54) is 23.9 Å².